The third-order valence-corrected chi connectivity index (χ3v) is 3.87. The Morgan fingerprint density at radius 2 is 2.04 bits per heavy atom. The van der Waals surface area contributed by atoms with Crippen LogP contribution < -0.4 is 10.9 Å². The number of aryl methyl sites for hydroxylation is 2. The molecule has 122 valence electrons. The van der Waals surface area contributed by atoms with Crippen LogP contribution in [0, 0.1) is 13.8 Å². The van der Waals surface area contributed by atoms with Crippen LogP contribution in [0.5, 0.6) is 0 Å². The SMILES string of the molecule is CCC(NC(=O)CCn1c(C)cccc1=O)c1ccc(C)cn1. The fourth-order valence-corrected chi connectivity index (χ4v) is 2.46. The van der Waals surface area contributed by atoms with Gasteiger partial charge in [-0.25, -0.2) is 0 Å². The molecule has 5 nitrogen and oxygen atoms in total. The third kappa shape index (κ3) is 4.52. The number of carbonyl (C=O) groups excluding carboxylic acids is 1. The van der Waals surface area contributed by atoms with Crippen LogP contribution in [0.2, 0.25) is 0 Å². The van der Waals surface area contributed by atoms with E-state index in [1.165, 1.54) is 6.07 Å². The van der Waals surface area contributed by atoms with E-state index in [9.17, 15) is 9.59 Å². The van der Waals surface area contributed by atoms with Crippen molar-refractivity contribution in [3.63, 3.8) is 0 Å². The van der Waals surface area contributed by atoms with E-state index >= 15 is 0 Å². The maximum Gasteiger partial charge on any atom is 0.250 e. The Morgan fingerprint density at radius 1 is 1.26 bits per heavy atom. The van der Waals surface area contributed by atoms with E-state index in [0.29, 0.717) is 6.54 Å². The van der Waals surface area contributed by atoms with Gasteiger partial charge in [-0.3, -0.25) is 14.6 Å². The molecule has 2 aromatic heterocycles. The lowest BCUT2D eigenvalue weighted by atomic mass is 10.1. The molecule has 2 aromatic rings. The number of rotatable bonds is 6. The molecule has 0 aliphatic heterocycles. The topological polar surface area (TPSA) is 64.0 Å². The van der Waals surface area contributed by atoms with Crippen molar-refractivity contribution in [2.75, 3.05) is 0 Å². The first kappa shape index (κ1) is 16.9. The normalized spacial score (nSPS) is 12.0. The lowest BCUT2D eigenvalue weighted by molar-refractivity contribution is -0.122. The molecule has 0 fully saturated rings. The van der Waals surface area contributed by atoms with Crippen LogP contribution in [0.3, 0.4) is 0 Å². The summed E-state index contributed by atoms with van der Waals surface area (Å²) in [7, 11) is 0. The van der Waals surface area contributed by atoms with Gasteiger partial charge in [0.2, 0.25) is 5.91 Å². The second-order valence-corrected chi connectivity index (χ2v) is 5.70. The molecule has 1 unspecified atom stereocenters. The number of nitrogens with zero attached hydrogens (tertiary/aromatic N) is 2. The molecule has 1 amide bonds. The largest absolute Gasteiger partial charge is 0.348 e. The molecule has 5 heteroatoms. The van der Waals surface area contributed by atoms with Gasteiger partial charge in [0.25, 0.3) is 5.56 Å². The summed E-state index contributed by atoms with van der Waals surface area (Å²) in [5, 5.41) is 2.99. The van der Waals surface area contributed by atoms with Crippen LogP contribution in [0.4, 0.5) is 0 Å². The monoisotopic (exact) mass is 313 g/mol. The van der Waals surface area contributed by atoms with Gasteiger partial charge in [-0.2, -0.15) is 0 Å². The summed E-state index contributed by atoms with van der Waals surface area (Å²) in [5.74, 6) is -0.0746. The predicted molar refractivity (Wildman–Crippen MR) is 90.2 cm³/mol. The quantitative estimate of drug-likeness (QED) is 0.891. The molecule has 0 saturated carbocycles. The molecule has 23 heavy (non-hydrogen) atoms. The molecule has 2 heterocycles. The maximum absolute atomic E-state index is 12.2. The molecule has 1 N–H and O–H groups in total. The number of aromatic nitrogens is 2. The molecule has 0 aliphatic carbocycles. The van der Waals surface area contributed by atoms with Crippen molar-refractivity contribution in [3.05, 3.63) is 63.8 Å². The van der Waals surface area contributed by atoms with Crippen molar-refractivity contribution in [3.8, 4) is 0 Å². The van der Waals surface area contributed by atoms with Crippen LogP contribution in [0.15, 0.2) is 41.3 Å². The zero-order valence-electron chi connectivity index (χ0n) is 13.9. The fourth-order valence-electron chi connectivity index (χ4n) is 2.46. The van der Waals surface area contributed by atoms with Gasteiger partial charge in [0, 0.05) is 30.9 Å². The average Bonchev–Trinajstić information content (AvgIpc) is 2.53. The third-order valence-electron chi connectivity index (χ3n) is 3.87. The maximum atomic E-state index is 12.2. The standard InChI is InChI=1S/C18H23N3O2/c1-4-15(16-9-8-13(2)12-19-16)20-17(22)10-11-21-14(3)6-5-7-18(21)23/h5-9,12,15H,4,10-11H2,1-3H3,(H,20,22). The van der Waals surface area contributed by atoms with E-state index in [0.717, 1.165) is 23.4 Å². The second-order valence-electron chi connectivity index (χ2n) is 5.70. The molecular weight excluding hydrogens is 290 g/mol. The Hall–Kier alpha value is -2.43. The Morgan fingerprint density at radius 3 is 2.65 bits per heavy atom. The smallest absolute Gasteiger partial charge is 0.250 e. The first-order chi connectivity index (χ1) is 11.0. The zero-order valence-corrected chi connectivity index (χ0v) is 13.9. The summed E-state index contributed by atoms with van der Waals surface area (Å²) in [6.45, 7) is 6.24. The van der Waals surface area contributed by atoms with Gasteiger partial charge in [-0.15, -0.1) is 0 Å². The first-order valence-corrected chi connectivity index (χ1v) is 7.89. The number of hydrogen-bond acceptors (Lipinski definition) is 3. The van der Waals surface area contributed by atoms with Crippen LogP contribution >= 0.6 is 0 Å². The van der Waals surface area contributed by atoms with Crippen molar-refractivity contribution in [2.24, 2.45) is 0 Å². The van der Waals surface area contributed by atoms with Crippen molar-refractivity contribution in [1.29, 1.82) is 0 Å². The lowest BCUT2D eigenvalue weighted by Gasteiger charge is -2.17. The molecule has 2 rings (SSSR count). The number of carbonyl (C=O) groups is 1. The zero-order chi connectivity index (χ0) is 16.8. The minimum absolute atomic E-state index is 0.0746. The predicted octanol–water partition coefficient (Wildman–Crippen LogP) is 2.52. The molecule has 1 atom stereocenters. The average molecular weight is 313 g/mol. The summed E-state index contributed by atoms with van der Waals surface area (Å²) < 4.78 is 1.62. The van der Waals surface area contributed by atoms with E-state index < -0.39 is 0 Å². The van der Waals surface area contributed by atoms with E-state index in [1.807, 2.05) is 39.0 Å². The summed E-state index contributed by atoms with van der Waals surface area (Å²) >= 11 is 0. The van der Waals surface area contributed by atoms with E-state index in [-0.39, 0.29) is 23.9 Å². The molecule has 0 bridgehead atoms. The molecule has 0 aromatic carbocycles. The molecule has 0 spiro atoms. The van der Waals surface area contributed by atoms with E-state index in [1.54, 1.807) is 16.8 Å². The van der Waals surface area contributed by atoms with Gasteiger partial charge in [0.05, 0.1) is 11.7 Å². The van der Waals surface area contributed by atoms with Crippen LogP contribution in [0.1, 0.15) is 42.8 Å². The van der Waals surface area contributed by atoms with Gasteiger partial charge in [-0.05, 0) is 38.0 Å². The molecule has 0 radical (unpaired) electrons. The fraction of sp³-hybridized carbons (Fsp3) is 0.389. The lowest BCUT2D eigenvalue weighted by Crippen LogP contribution is -2.31. The molecule has 0 aliphatic rings. The van der Waals surface area contributed by atoms with Gasteiger partial charge >= 0.3 is 0 Å². The molecular formula is C18H23N3O2. The highest BCUT2D eigenvalue weighted by Crippen LogP contribution is 2.14. The number of pyridine rings is 2. The van der Waals surface area contributed by atoms with Crippen molar-refractivity contribution in [2.45, 2.75) is 46.2 Å². The van der Waals surface area contributed by atoms with Gasteiger partial charge < -0.3 is 9.88 Å². The summed E-state index contributed by atoms with van der Waals surface area (Å²) in [4.78, 5) is 28.4. The summed E-state index contributed by atoms with van der Waals surface area (Å²) in [6, 6.07) is 8.93. The molecule has 0 saturated heterocycles. The summed E-state index contributed by atoms with van der Waals surface area (Å²) in [5.41, 5.74) is 2.73. The van der Waals surface area contributed by atoms with Crippen LogP contribution in [-0.4, -0.2) is 15.5 Å². The highest BCUT2D eigenvalue weighted by Gasteiger charge is 2.14. The van der Waals surface area contributed by atoms with E-state index in [4.69, 9.17) is 0 Å². The van der Waals surface area contributed by atoms with Gasteiger partial charge in [0.1, 0.15) is 0 Å². The minimum Gasteiger partial charge on any atom is -0.348 e. The van der Waals surface area contributed by atoms with Crippen molar-refractivity contribution < 1.29 is 4.79 Å². The Balaban J connectivity index is 1.98. The highest BCUT2D eigenvalue weighted by molar-refractivity contribution is 5.76. The van der Waals surface area contributed by atoms with Crippen LogP contribution in [0.25, 0.3) is 0 Å². The number of nitrogens with one attached hydrogen (secondary N) is 1. The van der Waals surface area contributed by atoms with Crippen molar-refractivity contribution in [1.82, 2.24) is 14.9 Å². The van der Waals surface area contributed by atoms with Gasteiger partial charge in [-0.1, -0.05) is 19.1 Å². The minimum atomic E-state index is -0.100. The van der Waals surface area contributed by atoms with Gasteiger partial charge in [0.15, 0.2) is 0 Å². The second kappa shape index (κ2) is 7.72. The first-order valence-electron chi connectivity index (χ1n) is 7.89. The highest BCUT2D eigenvalue weighted by atomic mass is 16.2. The van der Waals surface area contributed by atoms with Crippen molar-refractivity contribution >= 4 is 5.91 Å². The Bertz CT molecular complexity index is 720. The number of hydrogen-bond donors (Lipinski definition) is 1. The Labute approximate surface area is 136 Å². The van der Waals surface area contributed by atoms with E-state index in [2.05, 4.69) is 10.3 Å². The number of amides is 1. The van der Waals surface area contributed by atoms with Crippen LogP contribution in [-0.2, 0) is 11.3 Å². The summed E-state index contributed by atoms with van der Waals surface area (Å²) in [6.07, 6.45) is 2.84. The Kier molecular flexibility index (Phi) is 5.68.